The summed E-state index contributed by atoms with van der Waals surface area (Å²) in [4.78, 5) is 14.4. The molecule has 1 unspecified atom stereocenters. The average molecular weight is 481 g/mol. The lowest BCUT2D eigenvalue weighted by Gasteiger charge is -2.35. The van der Waals surface area contributed by atoms with Crippen LogP contribution in [0.3, 0.4) is 0 Å². The highest BCUT2D eigenvalue weighted by atomic mass is 35.5. The lowest BCUT2D eigenvalue weighted by atomic mass is 9.89. The van der Waals surface area contributed by atoms with Crippen LogP contribution in [0.1, 0.15) is 66.0 Å². The van der Waals surface area contributed by atoms with E-state index >= 15 is 0 Å². The molecule has 2 aromatic heterocycles. The summed E-state index contributed by atoms with van der Waals surface area (Å²) in [5.74, 6) is 0.400. The van der Waals surface area contributed by atoms with Crippen LogP contribution in [0.2, 0.25) is 5.02 Å². The summed E-state index contributed by atoms with van der Waals surface area (Å²) in [5, 5.41) is 8.36. The molecule has 0 amide bonds. The fourth-order valence-corrected chi connectivity index (χ4v) is 4.90. The predicted octanol–water partition coefficient (Wildman–Crippen LogP) is 5.17. The van der Waals surface area contributed by atoms with Crippen molar-refractivity contribution in [1.82, 2.24) is 19.7 Å². The maximum atomic E-state index is 15.0. The summed E-state index contributed by atoms with van der Waals surface area (Å²) < 4.78 is 23.1. The van der Waals surface area contributed by atoms with Gasteiger partial charge in [0.05, 0.1) is 35.4 Å². The Morgan fingerprint density at radius 3 is 2.76 bits per heavy atom. The highest BCUT2D eigenvalue weighted by Gasteiger charge is 2.35. The van der Waals surface area contributed by atoms with Crippen LogP contribution >= 0.6 is 11.6 Å². The number of anilines is 1. The maximum absolute atomic E-state index is 15.0. The van der Waals surface area contributed by atoms with Gasteiger partial charge in [0.25, 0.3) is 0 Å². The fraction of sp³-hybridized carbons (Fsp3) is 0.440. The molecule has 0 spiro atoms. The number of aromatic nitrogens is 4. The van der Waals surface area contributed by atoms with E-state index in [1.807, 2.05) is 20.0 Å². The Balaban J connectivity index is 1.34. The topological polar surface area (TPSA) is 77.2 Å². The number of nitrogens with one attached hydrogen (secondary N) is 1. The fourth-order valence-electron chi connectivity index (χ4n) is 4.74. The Kier molecular flexibility index (Phi) is 5.37. The van der Waals surface area contributed by atoms with Gasteiger partial charge in [-0.3, -0.25) is 9.67 Å². The van der Waals surface area contributed by atoms with Gasteiger partial charge in [-0.15, -0.1) is 0 Å². The number of fused-ring (bicyclic) bond motifs is 1. The van der Waals surface area contributed by atoms with Crippen LogP contribution in [-0.2, 0) is 4.74 Å². The van der Waals surface area contributed by atoms with Crippen molar-refractivity contribution in [3.63, 3.8) is 0 Å². The molecule has 3 atom stereocenters. The Hall–Kier alpha value is -2.84. The Labute approximate surface area is 202 Å². The molecule has 2 aliphatic heterocycles. The lowest BCUT2D eigenvalue weighted by Crippen LogP contribution is -2.38. The minimum atomic E-state index is -0.421. The van der Waals surface area contributed by atoms with Gasteiger partial charge < -0.3 is 10.1 Å². The molecule has 3 aromatic rings. The van der Waals surface area contributed by atoms with Crippen LogP contribution in [0, 0.1) is 25.6 Å². The standard InChI is InChI=1S/C25H26ClFN6O/c1-13-14(2)30-25-23(29-13)22(19-6-3-17(26)10-20(19)27)31-24(32-25)15-7-8-34-21(9-15)16-11-28-33(12-16)18-4-5-18/h3,6,10-12,15,18,21,24H,4-5,7-9H2,1-2H3,(H,30,32)/t15-,21+,24?/m0/s1. The summed E-state index contributed by atoms with van der Waals surface area (Å²) in [6.07, 6.45) is 7.76. The Bertz CT molecular complexity index is 1290. The van der Waals surface area contributed by atoms with Gasteiger partial charge >= 0.3 is 0 Å². The molecule has 34 heavy (non-hydrogen) atoms. The number of nitrogens with zero attached hydrogens (tertiary/aromatic N) is 5. The summed E-state index contributed by atoms with van der Waals surface area (Å²) in [5.41, 5.74) is 4.18. The summed E-state index contributed by atoms with van der Waals surface area (Å²) in [6.45, 7) is 4.46. The number of rotatable bonds is 4. The number of halogens is 2. The van der Waals surface area contributed by atoms with Crippen LogP contribution in [0.25, 0.3) is 0 Å². The second-order valence-electron chi connectivity index (χ2n) is 9.41. The van der Waals surface area contributed by atoms with Gasteiger partial charge in [-0.2, -0.15) is 5.10 Å². The molecule has 3 aliphatic rings. The first-order valence-electron chi connectivity index (χ1n) is 11.8. The highest BCUT2D eigenvalue weighted by Crippen LogP contribution is 2.39. The van der Waals surface area contributed by atoms with Crippen molar-refractivity contribution >= 4 is 23.1 Å². The van der Waals surface area contributed by atoms with Gasteiger partial charge in [-0.25, -0.2) is 14.4 Å². The van der Waals surface area contributed by atoms with E-state index in [1.165, 1.54) is 18.9 Å². The first-order chi connectivity index (χ1) is 16.5. The second-order valence-corrected chi connectivity index (χ2v) is 9.85. The van der Waals surface area contributed by atoms with Gasteiger partial charge in [0, 0.05) is 34.9 Å². The van der Waals surface area contributed by atoms with E-state index < -0.39 is 5.82 Å². The lowest BCUT2D eigenvalue weighted by molar-refractivity contribution is -0.0139. The molecule has 7 nitrogen and oxygen atoms in total. The summed E-state index contributed by atoms with van der Waals surface area (Å²) in [6, 6.07) is 5.19. The van der Waals surface area contributed by atoms with E-state index in [9.17, 15) is 4.39 Å². The van der Waals surface area contributed by atoms with Crippen molar-refractivity contribution in [2.75, 3.05) is 11.9 Å². The normalized spacial score (nSPS) is 24.4. The van der Waals surface area contributed by atoms with Crippen molar-refractivity contribution in [1.29, 1.82) is 0 Å². The van der Waals surface area contributed by atoms with E-state index in [4.69, 9.17) is 31.3 Å². The SMILES string of the molecule is Cc1nc2c(nc1C)C(c1ccc(Cl)cc1F)=NC([C@H]1CCO[C@@H](c3cnn(C4CC4)c3)C1)N2. The first kappa shape index (κ1) is 21.7. The zero-order valence-electron chi connectivity index (χ0n) is 19.1. The van der Waals surface area contributed by atoms with E-state index in [0.29, 0.717) is 40.5 Å². The average Bonchev–Trinajstić information content (AvgIpc) is 3.56. The van der Waals surface area contributed by atoms with Crippen molar-refractivity contribution in [2.45, 2.75) is 57.8 Å². The molecule has 1 saturated heterocycles. The molecule has 4 heterocycles. The van der Waals surface area contributed by atoms with Gasteiger partial charge in [-0.1, -0.05) is 11.6 Å². The van der Waals surface area contributed by atoms with Crippen LogP contribution in [-0.4, -0.2) is 38.2 Å². The molecular formula is C25H26ClFN6O. The third-order valence-corrected chi connectivity index (χ3v) is 7.19. The molecule has 1 aliphatic carbocycles. The minimum Gasteiger partial charge on any atom is -0.373 e. The first-order valence-corrected chi connectivity index (χ1v) is 12.1. The Morgan fingerprint density at radius 2 is 1.97 bits per heavy atom. The molecule has 9 heteroatoms. The maximum Gasteiger partial charge on any atom is 0.156 e. The number of ether oxygens (including phenoxy) is 1. The molecule has 176 valence electrons. The van der Waals surface area contributed by atoms with Crippen LogP contribution in [0.15, 0.2) is 35.6 Å². The number of aryl methyl sites for hydroxylation is 2. The number of hydrogen-bond donors (Lipinski definition) is 1. The van der Waals surface area contributed by atoms with Gasteiger partial charge in [0.2, 0.25) is 0 Å². The summed E-state index contributed by atoms with van der Waals surface area (Å²) >= 11 is 6.01. The number of aliphatic imine (C=N–C) groups is 1. The van der Waals surface area contributed by atoms with Gasteiger partial charge in [0.1, 0.15) is 17.7 Å². The molecule has 2 fully saturated rings. The molecule has 6 rings (SSSR count). The molecule has 1 saturated carbocycles. The van der Waals surface area contributed by atoms with Crippen molar-refractivity contribution in [2.24, 2.45) is 10.9 Å². The van der Waals surface area contributed by atoms with Crippen LogP contribution in [0.4, 0.5) is 10.2 Å². The molecule has 0 bridgehead atoms. The third kappa shape index (κ3) is 3.99. The minimum absolute atomic E-state index is 0.0359. The summed E-state index contributed by atoms with van der Waals surface area (Å²) in [7, 11) is 0. The van der Waals surface area contributed by atoms with E-state index in [0.717, 1.165) is 29.8 Å². The molecule has 0 radical (unpaired) electrons. The molecule has 1 N–H and O–H groups in total. The highest BCUT2D eigenvalue weighted by molar-refractivity contribution is 6.30. The number of hydrogen-bond acceptors (Lipinski definition) is 6. The van der Waals surface area contributed by atoms with E-state index in [-0.39, 0.29) is 18.2 Å². The van der Waals surface area contributed by atoms with Crippen molar-refractivity contribution < 1.29 is 9.13 Å². The zero-order valence-corrected chi connectivity index (χ0v) is 19.9. The van der Waals surface area contributed by atoms with Crippen molar-refractivity contribution in [3.8, 4) is 0 Å². The van der Waals surface area contributed by atoms with Gasteiger partial charge in [-0.05, 0) is 57.7 Å². The molecule has 1 aromatic carbocycles. The second kappa shape index (κ2) is 8.43. The van der Waals surface area contributed by atoms with Crippen molar-refractivity contribution in [3.05, 3.63) is 69.6 Å². The smallest absolute Gasteiger partial charge is 0.156 e. The quantitative estimate of drug-likeness (QED) is 0.557. The van der Waals surface area contributed by atoms with E-state index in [2.05, 4.69) is 21.3 Å². The van der Waals surface area contributed by atoms with Crippen LogP contribution < -0.4 is 5.32 Å². The monoisotopic (exact) mass is 480 g/mol. The van der Waals surface area contributed by atoms with E-state index in [1.54, 1.807) is 12.1 Å². The molecular weight excluding hydrogens is 455 g/mol. The third-order valence-electron chi connectivity index (χ3n) is 6.96. The predicted molar refractivity (Wildman–Crippen MR) is 128 cm³/mol. The number of benzene rings is 1. The van der Waals surface area contributed by atoms with Gasteiger partial charge in [0.15, 0.2) is 5.82 Å². The largest absolute Gasteiger partial charge is 0.373 e. The Morgan fingerprint density at radius 1 is 1.15 bits per heavy atom. The van der Waals surface area contributed by atoms with Crippen LogP contribution in [0.5, 0.6) is 0 Å². The zero-order chi connectivity index (χ0) is 23.4.